The molecule has 0 bridgehead atoms. The molecule has 1 aromatic carbocycles. The topological polar surface area (TPSA) is 138 Å². The Kier molecular flexibility index (Phi) is 6.35. The zero-order valence-corrected chi connectivity index (χ0v) is 20.8. The summed E-state index contributed by atoms with van der Waals surface area (Å²) in [5, 5.41) is 42.5. The van der Waals surface area contributed by atoms with Gasteiger partial charge in [0.05, 0.1) is 29.5 Å². The molecule has 0 unspecified atom stereocenters. The highest BCUT2D eigenvalue weighted by molar-refractivity contribution is 7.99. The van der Waals surface area contributed by atoms with Crippen LogP contribution in [0.15, 0.2) is 23.3 Å². The van der Waals surface area contributed by atoms with Crippen molar-refractivity contribution in [3.63, 3.8) is 0 Å². The minimum absolute atomic E-state index is 0.00570. The van der Waals surface area contributed by atoms with Crippen LogP contribution >= 0.6 is 11.8 Å². The minimum Gasteiger partial charge on any atom is -0.394 e. The van der Waals surface area contributed by atoms with Gasteiger partial charge in [-0.25, -0.2) is 19.0 Å². The van der Waals surface area contributed by atoms with Crippen molar-refractivity contribution in [1.82, 2.24) is 25.0 Å². The van der Waals surface area contributed by atoms with E-state index in [0.29, 0.717) is 28.6 Å². The molecule has 36 heavy (non-hydrogen) atoms. The summed E-state index contributed by atoms with van der Waals surface area (Å²) in [4.78, 5) is 9.26. The lowest BCUT2D eigenvalue weighted by molar-refractivity contribution is -0.0629. The number of nitrogens with one attached hydrogen (secondary N) is 1. The number of hydrogen-bond acceptors (Lipinski definition) is 10. The molecule has 12 heteroatoms. The number of nitrogens with zero attached hydrogens (tertiary/aromatic N) is 5. The van der Waals surface area contributed by atoms with Gasteiger partial charge < -0.3 is 25.4 Å². The molecule has 10 nitrogen and oxygen atoms in total. The zero-order valence-electron chi connectivity index (χ0n) is 23.0. The van der Waals surface area contributed by atoms with Crippen molar-refractivity contribution in [3.05, 3.63) is 35.1 Å². The number of aliphatic hydroxyl groups excluding tert-OH is 3. The van der Waals surface area contributed by atoms with E-state index in [0.717, 1.165) is 12.2 Å². The van der Waals surface area contributed by atoms with Crippen LogP contribution in [0.3, 0.4) is 0 Å². The molecule has 0 aliphatic heterocycles. The average molecular weight is 522 g/mol. The minimum atomic E-state index is -1.19. The van der Waals surface area contributed by atoms with Gasteiger partial charge in [0, 0.05) is 24.1 Å². The molecular weight excluding hydrogens is 487 g/mol. The molecule has 2 heterocycles. The normalized spacial score (nSPS) is 28.8. The number of rotatable bonds is 10. The van der Waals surface area contributed by atoms with Crippen LogP contribution in [0.5, 0.6) is 0 Å². The summed E-state index contributed by atoms with van der Waals surface area (Å²) in [5.74, 6) is 0.0306. The van der Waals surface area contributed by atoms with Gasteiger partial charge in [-0.2, -0.15) is 0 Å². The molecule has 3 aromatic rings. The van der Waals surface area contributed by atoms with Gasteiger partial charge in [-0.05, 0) is 36.9 Å². The van der Waals surface area contributed by atoms with Crippen LogP contribution in [-0.2, 0) is 4.74 Å². The van der Waals surface area contributed by atoms with Crippen molar-refractivity contribution in [2.24, 2.45) is 0 Å². The quantitative estimate of drug-likeness (QED) is 0.232. The fourth-order valence-electron chi connectivity index (χ4n) is 4.47. The van der Waals surface area contributed by atoms with Gasteiger partial charge >= 0.3 is 0 Å². The van der Waals surface area contributed by atoms with E-state index in [9.17, 15) is 14.6 Å². The highest BCUT2D eigenvalue weighted by Gasteiger charge is 2.45. The first-order chi connectivity index (χ1) is 18.7. The van der Waals surface area contributed by atoms with E-state index in [1.165, 1.54) is 23.4 Å². The average Bonchev–Trinajstić information content (AvgIpc) is 3.44. The van der Waals surface area contributed by atoms with Crippen LogP contribution in [0.2, 0.25) is 0 Å². The highest BCUT2D eigenvalue weighted by atomic mass is 32.2. The second-order valence-corrected chi connectivity index (χ2v) is 10.2. The van der Waals surface area contributed by atoms with E-state index in [-0.39, 0.29) is 60.8 Å². The summed E-state index contributed by atoms with van der Waals surface area (Å²) in [6.45, 7) is 3.26. The number of halogens is 1. The van der Waals surface area contributed by atoms with Crippen molar-refractivity contribution in [2.45, 2.75) is 74.6 Å². The number of aliphatic hydroxyl groups is 3. The number of thioether (sulfide) groups is 1. The molecule has 6 atom stereocenters. The monoisotopic (exact) mass is 521 g/mol. The molecule has 2 fully saturated rings. The van der Waals surface area contributed by atoms with Crippen LogP contribution < -0.4 is 5.32 Å². The first kappa shape index (κ1) is 21.7. The Balaban J connectivity index is 1.46. The van der Waals surface area contributed by atoms with Crippen molar-refractivity contribution in [1.29, 1.82) is 0 Å². The third kappa shape index (κ3) is 4.92. The van der Waals surface area contributed by atoms with Gasteiger partial charge in [0.1, 0.15) is 18.0 Å². The van der Waals surface area contributed by atoms with Gasteiger partial charge in [0.2, 0.25) is 0 Å². The number of hydrogen-bond donors (Lipinski definition) is 4. The van der Waals surface area contributed by atoms with Gasteiger partial charge in [-0.3, -0.25) is 0 Å². The number of benzene rings is 1. The molecule has 2 aliphatic rings. The van der Waals surface area contributed by atoms with Crippen molar-refractivity contribution in [3.8, 4) is 0 Å². The molecule has 2 aliphatic carbocycles. The maximum Gasteiger partial charge on any atom is 0.191 e. The Morgan fingerprint density at radius 3 is 2.89 bits per heavy atom. The molecule has 194 valence electrons. The molecule has 4 N–H and O–H groups in total. The molecule has 0 saturated heterocycles. The summed E-state index contributed by atoms with van der Waals surface area (Å²) in [5.41, 5.74) is 0.900. The molecule has 2 aromatic heterocycles. The van der Waals surface area contributed by atoms with E-state index in [2.05, 4.69) is 25.6 Å². The molecule has 0 radical (unpaired) electrons. The summed E-state index contributed by atoms with van der Waals surface area (Å²) in [6, 6.07) is -1.64. The van der Waals surface area contributed by atoms with E-state index in [1.807, 2.05) is 6.92 Å². The lowest BCUT2D eigenvalue weighted by Crippen LogP contribution is -2.33. The summed E-state index contributed by atoms with van der Waals surface area (Å²) < 4.78 is 46.1. The van der Waals surface area contributed by atoms with Crippen LogP contribution in [0.1, 0.15) is 53.4 Å². The van der Waals surface area contributed by atoms with Crippen LogP contribution in [0.25, 0.3) is 11.2 Å². The molecule has 0 amide bonds. The largest absolute Gasteiger partial charge is 0.394 e. The van der Waals surface area contributed by atoms with Gasteiger partial charge in [-0.15, -0.1) is 5.10 Å². The van der Waals surface area contributed by atoms with E-state index in [1.54, 1.807) is 0 Å². The molecular formula is C24H31FN6O4S. The van der Waals surface area contributed by atoms with Crippen molar-refractivity contribution >= 4 is 28.7 Å². The number of aromatic nitrogens is 5. The van der Waals surface area contributed by atoms with Crippen molar-refractivity contribution < 1.29 is 28.6 Å². The smallest absolute Gasteiger partial charge is 0.191 e. The molecule has 5 rings (SSSR count). The second-order valence-electron chi connectivity index (χ2n) is 9.15. The third-order valence-corrected chi connectivity index (χ3v) is 7.57. The predicted octanol–water partition coefficient (Wildman–Crippen LogP) is 2.18. The standard InChI is InChI=1S/C24H31FN6O4S/c1-3-8-36-24-27-22(26-16-10-14(16)13-5-4-12(2)15(25)9-13)19-23(28-24)31(30-29-19)17-11-18(35-7-6-32)21(34)20(17)33/h4-5,9,14,16-18,20-21,32-34H,3,6-8,10-11H2,1-2H3,(H,26,27,28)/t14-,16+,17+,18-,20-,21+/m0/s1/i4D,5D,9D. The fraction of sp³-hybridized carbons (Fsp3) is 0.583. The Labute approximate surface area is 216 Å². The summed E-state index contributed by atoms with van der Waals surface area (Å²) in [6.07, 6.45) is -1.40. The van der Waals surface area contributed by atoms with Gasteiger partial charge in [0.15, 0.2) is 22.1 Å². The Morgan fingerprint density at radius 2 is 2.11 bits per heavy atom. The second kappa shape index (κ2) is 10.5. The fourth-order valence-corrected chi connectivity index (χ4v) is 5.16. The van der Waals surface area contributed by atoms with Crippen molar-refractivity contribution in [2.75, 3.05) is 24.3 Å². The predicted molar refractivity (Wildman–Crippen MR) is 133 cm³/mol. The third-order valence-electron chi connectivity index (χ3n) is 6.52. The summed E-state index contributed by atoms with van der Waals surface area (Å²) >= 11 is 1.44. The highest BCUT2D eigenvalue weighted by Crippen LogP contribution is 2.44. The first-order valence-corrected chi connectivity index (χ1v) is 13.0. The maximum atomic E-state index is 14.5. The summed E-state index contributed by atoms with van der Waals surface area (Å²) in [7, 11) is 0. The Morgan fingerprint density at radius 1 is 1.28 bits per heavy atom. The Bertz CT molecular complexity index is 1350. The molecule has 2 saturated carbocycles. The molecule has 0 spiro atoms. The zero-order chi connectivity index (χ0) is 28.0. The van der Waals surface area contributed by atoms with Crippen LogP contribution in [-0.4, -0.2) is 83.6 Å². The van der Waals surface area contributed by atoms with Gasteiger partial charge in [-0.1, -0.05) is 36.0 Å². The van der Waals surface area contributed by atoms with E-state index in [4.69, 9.17) is 14.0 Å². The van der Waals surface area contributed by atoms with E-state index >= 15 is 0 Å². The maximum absolute atomic E-state index is 14.5. The first-order valence-electron chi connectivity index (χ1n) is 13.5. The van der Waals surface area contributed by atoms with Crippen LogP contribution in [0, 0.1) is 12.7 Å². The number of anilines is 1. The number of fused-ring (bicyclic) bond motifs is 1. The lowest BCUT2D eigenvalue weighted by Gasteiger charge is -2.17. The van der Waals surface area contributed by atoms with E-state index < -0.39 is 30.2 Å². The van der Waals surface area contributed by atoms with Crippen LogP contribution in [0.4, 0.5) is 10.2 Å². The Hall–Kier alpha value is -2.38. The SMILES string of the molecule is [2H]c1c([2H])c([C@@H]2C[C@H]2Nc2nc(SCCC)nc3c2nnn3[C@@H]2C[C@H](OCCO)[C@@H](O)[C@H]2O)c([2H])c(F)c1C. The lowest BCUT2D eigenvalue weighted by atomic mass is 10.1. The van der Waals surface area contributed by atoms with Gasteiger partial charge in [0.25, 0.3) is 0 Å². The number of ether oxygens (including phenoxy) is 1.